The van der Waals surface area contributed by atoms with E-state index >= 15 is 0 Å². The average Bonchev–Trinajstić information content (AvgIpc) is 2.50. The predicted octanol–water partition coefficient (Wildman–Crippen LogP) is 4.81. The Hall–Kier alpha value is -1.57. The molecule has 1 aromatic carbocycles. The molecule has 0 bridgehead atoms. The molecule has 1 rings (SSSR count). The Morgan fingerprint density at radius 1 is 1.14 bits per heavy atom. The lowest BCUT2D eigenvalue weighted by Gasteiger charge is -2.17. The molecule has 0 fully saturated rings. The minimum Gasteiger partial charge on any atom is -0.366 e. The van der Waals surface area contributed by atoms with E-state index in [1.807, 2.05) is 0 Å². The van der Waals surface area contributed by atoms with Gasteiger partial charge in [-0.05, 0) is 36.7 Å². The lowest BCUT2D eigenvalue weighted by Crippen LogP contribution is -2.20. The smallest absolute Gasteiger partial charge is 0.244 e. The van der Waals surface area contributed by atoms with Gasteiger partial charge in [-0.3, -0.25) is 4.79 Å². The molecule has 0 heterocycles. The average molecular weight is 287 g/mol. The fourth-order valence-electron chi connectivity index (χ4n) is 2.83. The van der Waals surface area contributed by atoms with Crippen LogP contribution >= 0.6 is 0 Å². The molecule has 116 valence electrons. The number of carbonyl (C=O) groups excluding carboxylic acids is 1. The second-order valence-electron chi connectivity index (χ2n) is 5.97. The largest absolute Gasteiger partial charge is 0.366 e. The maximum Gasteiger partial charge on any atom is 0.244 e. The number of hydrogen-bond donors (Lipinski definition) is 1. The Labute approximate surface area is 129 Å². The summed E-state index contributed by atoms with van der Waals surface area (Å²) in [5, 5.41) is 0. The van der Waals surface area contributed by atoms with Gasteiger partial charge in [0.15, 0.2) is 0 Å². The molecule has 1 amide bonds. The molecule has 21 heavy (non-hydrogen) atoms. The molecule has 0 spiro atoms. The molecule has 0 aromatic heterocycles. The van der Waals surface area contributed by atoms with Crippen molar-refractivity contribution in [2.24, 2.45) is 11.7 Å². The van der Waals surface area contributed by atoms with Gasteiger partial charge in [0.05, 0.1) is 0 Å². The van der Waals surface area contributed by atoms with Crippen molar-refractivity contribution in [2.45, 2.75) is 58.3 Å². The fourth-order valence-corrected chi connectivity index (χ4v) is 2.83. The highest BCUT2D eigenvalue weighted by Gasteiger charge is 2.16. The van der Waals surface area contributed by atoms with Crippen LogP contribution in [-0.4, -0.2) is 5.91 Å². The number of rotatable bonds is 10. The Bertz CT molecular complexity index is 438. The maximum atomic E-state index is 11.3. The third kappa shape index (κ3) is 6.16. The Balaban J connectivity index is 2.34. The fraction of sp³-hybridized carbons (Fsp3) is 0.526. The zero-order chi connectivity index (χ0) is 15.7. The van der Waals surface area contributed by atoms with Crippen molar-refractivity contribution in [3.63, 3.8) is 0 Å². The van der Waals surface area contributed by atoms with Crippen LogP contribution in [0.25, 0.3) is 0 Å². The molecule has 2 heteroatoms. The number of carbonyl (C=O) groups is 1. The standard InChI is InChI=1S/C19H29NO/c1-4-10-18(16(3)19(20)21)14-9-8-11-15(2)17-12-6-5-7-13-17/h5-7,12-13,15,18H,3-4,8-11,14H2,1-2H3,(H2,20,21). The first-order valence-corrected chi connectivity index (χ1v) is 8.09. The van der Waals surface area contributed by atoms with Crippen LogP contribution in [0.3, 0.4) is 0 Å². The first-order chi connectivity index (χ1) is 10.1. The quantitative estimate of drug-likeness (QED) is 0.487. The number of primary amides is 1. The minimum absolute atomic E-state index is 0.263. The SMILES string of the molecule is C=C(C(N)=O)C(CCC)CCCCC(C)c1ccccc1. The van der Waals surface area contributed by atoms with Crippen molar-refractivity contribution in [1.82, 2.24) is 0 Å². The van der Waals surface area contributed by atoms with Crippen molar-refractivity contribution >= 4 is 5.91 Å². The summed E-state index contributed by atoms with van der Waals surface area (Å²) in [6, 6.07) is 10.6. The van der Waals surface area contributed by atoms with Gasteiger partial charge >= 0.3 is 0 Å². The van der Waals surface area contributed by atoms with Crippen LogP contribution in [0, 0.1) is 5.92 Å². The topological polar surface area (TPSA) is 43.1 Å². The Kier molecular flexibility index (Phi) is 7.81. The van der Waals surface area contributed by atoms with Gasteiger partial charge in [-0.15, -0.1) is 0 Å². The van der Waals surface area contributed by atoms with Crippen LogP contribution in [-0.2, 0) is 4.79 Å². The Morgan fingerprint density at radius 2 is 1.76 bits per heavy atom. The third-order valence-electron chi connectivity index (χ3n) is 4.25. The number of nitrogens with two attached hydrogens (primary N) is 1. The van der Waals surface area contributed by atoms with Crippen LogP contribution < -0.4 is 5.73 Å². The van der Waals surface area contributed by atoms with Gasteiger partial charge in [0.25, 0.3) is 0 Å². The van der Waals surface area contributed by atoms with E-state index in [0.29, 0.717) is 11.5 Å². The molecule has 1 aromatic rings. The molecule has 2 nitrogen and oxygen atoms in total. The molecule has 2 unspecified atom stereocenters. The number of unbranched alkanes of at least 4 members (excludes halogenated alkanes) is 1. The molecule has 0 aliphatic heterocycles. The summed E-state index contributed by atoms with van der Waals surface area (Å²) in [5.74, 6) is 0.515. The van der Waals surface area contributed by atoms with E-state index in [2.05, 4.69) is 50.8 Å². The Morgan fingerprint density at radius 3 is 2.33 bits per heavy atom. The summed E-state index contributed by atoms with van der Waals surface area (Å²) in [6.45, 7) is 8.28. The van der Waals surface area contributed by atoms with Crippen LogP contribution in [0.5, 0.6) is 0 Å². The normalized spacial score (nSPS) is 13.6. The zero-order valence-corrected chi connectivity index (χ0v) is 13.5. The molecule has 0 aliphatic carbocycles. The summed E-state index contributed by atoms with van der Waals surface area (Å²) in [4.78, 5) is 11.3. The molecular formula is C19H29NO. The van der Waals surface area contributed by atoms with E-state index in [1.54, 1.807) is 0 Å². The molecule has 0 aliphatic rings. The van der Waals surface area contributed by atoms with Gasteiger partial charge in [-0.25, -0.2) is 0 Å². The van der Waals surface area contributed by atoms with Crippen LogP contribution in [0.4, 0.5) is 0 Å². The second kappa shape index (κ2) is 9.38. The third-order valence-corrected chi connectivity index (χ3v) is 4.25. The molecule has 0 saturated heterocycles. The van der Waals surface area contributed by atoms with E-state index in [4.69, 9.17) is 5.73 Å². The number of amides is 1. The van der Waals surface area contributed by atoms with Crippen LogP contribution in [0.1, 0.15) is 63.9 Å². The molecular weight excluding hydrogens is 258 g/mol. The van der Waals surface area contributed by atoms with Crippen LogP contribution in [0.15, 0.2) is 42.5 Å². The highest BCUT2D eigenvalue weighted by molar-refractivity contribution is 5.91. The summed E-state index contributed by atoms with van der Waals surface area (Å²) in [5.41, 5.74) is 7.37. The van der Waals surface area contributed by atoms with Crippen molar-refractivity contribution in [3.05, 3.63) is 48.0 Å². The van der Waals surface area contributed by atoms with Crippen molar-refractivity contribution < 1.29 is 4.79 Å². The van der Waals surface area contributed by atoms with Gasteiger partial charge in [-0.1, -0.05) is 70.0 Å². The monoisotopic (exact) mass is 287 g/mol. The summed E-state index contributed by atoms with van der Waals surface area (Å²) in [7, 11) is 0. The first-order valence-electron chi connectivity index (χ1n) is 8.09. The van der Waals surface area contributed by atoms with Crippen molar-refractivity contribution in [2.75, 3.05) is 0 Å². The van der Waals surface area contributed by atoms with Gasteiger partial charge in [0, 0.05) is 5.57 Å². The van der Waals surface area contributed by atoms with E-state index in [-0.39, 0.29) is 11.8 Å². The highest BCUT2D eigenvalue weighted by Crippen LogP contribution is 2.25. The van der Waals surface area contributed by atoms with Gasteiger partial charge in [0.2, 0.25) is 5.91 Å². The highest BCUT2D eigenvalue weighted by atomic mass is 16.1. The summed E-state index contributed by atoms with van der Waals surface area (Å²) in [6.07, 6.45) is 6.60. The van der Waals surface area contributed by atoms with E-state index in [0.717, 1.165) is 25.7 Å². The van der Waals surface area contributed by atoms with E-state index in [1.165, 1.54) is 18.4 Å². The van der Waals surface area contributed by atoms with Crippen LogP contribution in [0.2, 0.25) is 0 Å². The lowest BCUT2D eigenvalue weighted by atomic mass is 9.88. The molecule has 2 atom stereocenters. The predicted molar refractivity (Wildman–Crippen MR) is 90.1 cm³/mol. The number of hydrogen-bond acceptors (Lipinski definition) is 1. The maximum absolute atomic E-state index is 11.3. The van der Waals surface area contributed by atoms with Gasteiger partial charge in [-0.2, -0.15) is 0 Å². The summed E-state index contributed by atoms with van der Waals surface area (Å²) >= 11 is 0. The molecule has 0 radical (unpaired) electrons. The first kappa shape index (κ1) is 17.5. The van der Waals surface area contributed by atoms with Crippen molar-refractivity contribution in [1.29, 1.82) is 0 Å². The number of benzene rings is 1. The lowest BCUT2D eigenvalue weighted by molar-refractivity contribution is -0.115. The minimum atomic E-state index is -0.342. The zero-order valence-electron chi connectivity index (χ0n) is 13.5. The molecule has 0 saturated carbocycles. The van der Waals surface area contributed by atoms with E-state index < -0.39 is 0 Å². The van der Waals surface area contributed by atoms with E-state index in [9.17, 15) is 4.79 Å². The van der Waals surface area contributed by atoms with Gasteiger partial charge in [0.1, 0.15) is 0 Å². The van der Waals surface area contributed by atoms with Crippen molar-refractivity contribution in [3.8, 4) is 0 Å². The summed E-state index contributed by atoms with van der Waals surface area (Å²) < 4.78 is 0. The second-order valence-corrected chi connectivity index (χ2v) is 5.97. The van der Waals surface area contributed by atoms with Gasteiger partial charge < -0.3 is 5.73 Å². The molecule has 2 N–H and O–H groups in total.